The molecule has 0 saturated heterocycles. The van der Waals surface area contributed by atoms with Gasteiger partial charge in [-0.05, 0) is 75.5 Å². The number of benzene rings is 7. The van der Waals surface area contributed by atoms with Crippen molar-refractivity contribution in [1.82, 2.24) is 14.5 Å². The lowest BCUT2D eigenvalue weighted by atomic mass is 9.82. The maximum atomic E-state index is 10.8. The summed E-state index contributed by atoms with van der Waals surface area (Å²) in [5, 5.41) is 17.2. The van der Waals surface area contributed by atoms with E-state index in [4.69, 9.17) is 14.4 Å². The van der Waals surface area contributed by atoms with E-state index in [-0.39, 0.29) is 5.41 Å². The second kappa shape index (κ2) is 10.7. The summed E-state index contributed by atoms with van der Waals surface area (Å²) < 4.78 is 8.63. The van der Waals surface area contributed by atoms with Gasteiger partial charge >= 0.3 is 0 Å². The van der Waals surface area contributed by atoms with Gasteiger partial charge in [-0.25, -0.2) is 4.98 Å². The first-order valence-corrected chi connectivity index (χ1v) is 17.9. The van der Waals surface area contributed by atoms with E-state index in [2.05, 4.69) is 140 Å². The van der Waals surface area contributed by atoms with E-state index in [1.165, 1.54) is 27.6 Å². The van der Waals surface area contributed by atoms with Crippen molar-refractivity contribution in [2.45, 2.75) is 19.3 Å². The van der Waals surface area contributed by atoms with E-state index in [0.29, 0.717) is 17.1 Å². The number of hydrogen-bond acceptors (Lipinski definition) is 4. The average Bonchev–Trinajstić information content (AvgIpc) is 3.81. The van der Waals surface area contributed by atoms with E-state index in [1.807, 2.05) is 30.3 Å². The van der Waals surface area contributed by atoms with Crippen LogP contribution in [0, 0.1) is 11.3 Å². The lowest BCUT2D eigenvalue weighted by Crippen LogP contribution is -2.15. The molecule has 0 unspecified atom stereocenters. The Kier molecular flexibility index (Phi) is 6.01. The molecule has 7 aromatic carbocycles. The van der Waals surface area contributed by atoms with Gasteiger partial charge in [-0.2, -0.15) is 10.2 Å². The molecule has 0 N–H and O–H groups in total. The molecule has 0 amide bonds. The number of furan rings is 1. The van der Waals surface area contributed by atoms with Crippen molar-refractivity contribution in [3.63, 3.8) is 0 Å². The zero-order valence-corrected chi connectivity index (χ0v) is 29.1. The molecule has 0 fully saturated rings. The third-order valence-electron chi connectivity index (χ3n) is 11.3. The molecule has 5 heteroatoms. The number of fused-ring (bicyclic) bond motifs is 10. The Morgan fingerprint density at radius 1 is 0.604 bits per heavy atom. The number of hydrogen-bond donors (Lipinski definition) is 0. The monoisotopic (exact) mass is 678 g/mol. The molecular formula is C48H30N4O. The van der Waals surface area contributed by atoms with Crippen molar-refractivity contribution in [1.29, 1.82) is 5.26 Å². The molecule has 0 aliphatic heterocycles. The Balaban J connectivity index is 1.13. The van der Waals surface area contributed by atoms with Gasteiger partial charge in [0, 0.05) is 32.7 Å². The fourth-order valence-electron chi connectivity index (χ4n) is 8.69. The molecule has 0 spiro atoms. The van der Waals surface area contributed by atoms with Gasteiger partial charge in [-0.15, -0.1) is 0 Å². The van der Waals surface area contributed by atoms with Crippen LogP contribution in [0.15, 0.2) is 150 Å². The van der Waals surface area contributed by atoms with Gasteiger partial charge < -0.3 is 8.98 Å². The molecule has 248 valence electrons. The third-order valence-corrected chi connectivity index (χ3v) is 11.3. The highest BCUT2D eigenvalue weighted by atomic mass is 16.3. The zero-order chi connectivity index (χ0) is 35.4. The quantitative estimate of drug-likeness (QED) is 0.186. The summed E-state index contributed by atoms with van der Waals surface area (Å²) in [5.41, 5.74) is 12.1. The van der Waals surface area contributed by atoms with E-state index < -0.39 is 0 Å². The second-order valence-corrected chi connectivity index (χ2v) is 14.5. The Morgan fingerprint density at radius 2 is 1.32 bits per heavy atom. The lowest BCUT2D eigenvalue weighted by Gasteiger charge is -2.21. The Morgan fingerprint density at radius 3 is 2.19 bits per heavy atom. The number of nitriles is 1. The van der Waals surface area contributed by atoms with Crippen molar-refractivity contribution in [2.24, 2.45) is 0 Å². The van der Waals surface area contributed by atoms with Gasteiger partial charge in [0.05, 0.1) is 33.4 Å². The van der Waals surface area contributed by atoms with E-state index in [9.17, 15) is 5.26 Å². The van der Waals surface area contributed by atoms with E-state index in [1.54, 1.807) is 0 Å². The largest absolute Gasteiger partial charge is 0.438 e. The molecule has 10 aromatic rings. The Bertz CT molecular complexity index is 3230. The first-order valence-electron chi connectivity index (χ1n) is 17.9. The normalized spacial score (nSPS) is 13.2. The first kappa shape index (κ1) is 29.7. The Hall–Kier alpha value is -7.03. The minimum absolute atomic E-state index is 0.162. The van der Waals surface area contributed by atoms with Crippen molar-refractivity contribution in [3.8, 4) is 45.5 Å². The van der Waals surface area contributed by atoms with Crippen LogP contribution >= 0.6 is 0 Å². The van der Waals surface area contributed by atoms with Gasteiger partial charge in [0.1, 0.15) is 11.7 Å². The van der Waals surface area contributed by atoms with Crippen LogP contribution < -0.4 is 0 Å². The van der Waals surface area contributed by atoms with Crippen LogP contribution in [0.25, 0.3) is 94.1 Å². The molecular weight excluding hydrogens is 649 g/mol. The van der Waals surface area contributed by atoms with Crippen molar-refractivity contribution >= 4 is 54.6 Å². The molecule has 3 aromatic heterocycles. The minimum atomic E-state index is -0.162. The molecule has 53 heavy (non-hydrogen) atoms. The van der Waals surface area contributed by atoms with E-state index >= 15 is 0 Å². The highest BCUT2D eigenvalue weighted by Crippen LogP contribution is 2.49. The molecule has 0 atom stereocenters. The number of rotatable bonds is 3. The van der Waals surface area contributed by atoms with Crippen LogP contribution in [0.2, 0.25) is 0 Å². The highest BCUT2D eigenvalue weighted by molar-refractivity contribution is 6.14. The fourth-order valence-corrected chi connectivity index (χ4v) is 8.69. The summed E-state index contributed by atoms with van der Waals surface area (Å²) in [7, 11) is 0. The molecule has 0 bridgehead atoms. The summed E-state index contributed by atoms with van der Waals surface area (Å²) in [6.45, 7) is 4.56. The summed E-state index contributed by atoms with van der Waals surface area (Å²) >= 11 is 0. The summed E-state index contributed by atoms with van der Waals surface area (Å²) in [5.74, 6) is 0.581. The smallest absolute Gasteiger partial charge is 0.231 e. The molecule has 3 heterocycles. The third kappa shape index (κ3) is 4.18. The van der Waals surface area contributed by atoms with Gasteiger partial charge in [0.15, 0.2) is 5.82 Å². The molecule has 0 saturated carbocycles. The number of para-hydroxylation sites is 2. The fraction of sp³-hybridized carbons (Fsp3) is 0.0625. The molecule has 5 nitrogen and oxygen atoms in total. The maximum absolute atomic E-state index is 10.8. The van der Waals surface area contributed by atoms with Crippen LogP contribution in [-0.4, -0.2) is 14.5 Å². The standard InChI is InChI=1S/C48H30N4O/c1-48(2)38-16-8-5-13-33(38)34-21-19-31(25-39(34)48)46-50-45(44-36-15-7-10-18-43(36)53-47(44)51-46)30-20-22-40(32(23-30)27-49)52-41-17-9-6-14-35(41)37-24-28-11-3-4-12-29(28)26-42(37)52/h3-26H,1-2H3. The minimum Gasteiger partial charge on any atom is -0.438 e. The Labute approximate surface area is 305 Å². The number of aromatic nitrogens is 3. The van der Waals surface area contributed by atoms with Crippen LogP contribution in [0.1, 0.15) is 30.5 Å². The summed E-state index contributed by atoms with van der Waals surface area (Å²) in [6.07, 6.45) is 0. The van der Waals surface area contributed by atoms with Gasteiger partial charge in [0.25, 0.3) is 0 Å². The van der Waals surface area contributed by atoms with Crippen molar-refractivity contribution in [3.05, 3.63) is 162 Å². The molecule has 11 rings (SSSR count). The molecule has 0 radical (unpaired) electrons. The van der Waals surface area contributed by atoms with Crippen LogP contribution in [0.5, 0.6) is 0 Å². The van der Waals surface area contributed by atoms with E-state index in [0.717, 1.165) is 66.1 Å². The predicted octanol–water partition coefficient (Wildman–Crippen LogP) is 12.1. The zero-order valence-electron chi connectivity index (χ0n) is 29.1. The van der Waals surface area contributed by atoms with Crippen LogP contribution in [-0.2, 0) is 5.41 Å². The average molecular weight is 679 g/mol. The second-order valence-electron chi connectivity index (χ2n) is 14.5. The first-order chi connectivity index (χ1) is 26.0. The van der Waals surface area contributed by atoms with Crippen molar-refractivity contribution < 1.29 is 4.42 Å². The molecule has 1 aliphatic carbocycles. The predicted molar refractivity (Wildman–Crippen MR) is 214 cm³/mol. The topological polar surface area (TPSA) is 67.6 Å². The number of nitrogens with zero attached hydrogens (tertiary/aromatic N) is 4. The van der Waals surface area contributed by atoms with Gasteiger partial charge in [-0.3, -0.25) is 0 Å². The SMILES string of the molecule is CC1(C)c2ccccc2-c2ccc(-c3nc(-c4ccc(-n5c6ccccc6c6cc7ccccc7cc65)c(C#N)c4)c4c(n3)oc3ccccc34)cc21. The maximum Gasteiger partial charge on any atom is 0.231 e. The summed E-state index contributed by atoms with van der Waals surface area (Å²) in [6, 6.07) is 53.1. The lowest BCUT2D eigenvalue weighted by molar-refractivity contribution is 0.653. The van der Waals surface area contributed by atoms with Crippen LogP contribution in [0.3, 0.4) is 0 Å². The van der Waals surface area contributed by atoms with Gasteiger partial charge in [-0.1, -0.05) is 117 Å². The van der Waals surface area contributed by atoms with Gasteiger partial charge in [0.2, 0.25) is 5.71 Å². The highest BCUT2D eigenvalue weighted by Gasteiger charge is 2.35. The summed E-state index contributed by atoms with van der Waals surface area (Å²) in [4.78, 5) is 10.3. The van der Waals surface area contributed by atoms with Crippen molar-refractivity contribution in [2.75, 3.05) is 0 Å². The molecule has 1 aliphatic rings. The van der Waals surface area contributed by atoms with Crippen LogP contribution in [0.4, 0.5) is 0 Å².